The smallest absolute Gasteiger partial charge is 0.221 e. The first-order chi connectivity index (χ1) is 15.5. The standard InChI is InChI=1S/C25H24N6O/c1-17(2)31-15-20(14-27-31)19-6-7-25-24(10-19)26-16-30(25)23-12-21(28-18(3)32)11-22(13-23)29-8-4-5-9-29/h4-17H,1-3H3,(H,28,32). The van der Waals surface area contributed by atoms with Crippen molar-refractivity contribution >= 4 is 22.6 Å². The highest BCUT2D eigenvalue weighted by molar-refractivity contribution is 5.90. The summed E-state index contributed by atoms with van der Waals surface area (Å²) in [4.78, 5) is 16.3. The van der Waals surface area contributed by atoms with Gasteiger partial charge in [0.25, 0.3) is 0 Å². The van der Waals surface area contributed by atoms with Gasteiger partial charge in [0.1, 0.15) is 6.33 Å². The van der Waals surface area contributed by atoms with Crippen LogP contribution in [0.15, 0.2) is 79.6 Å². The van der Waals surface area contributed by atoms with E-state index in [4.69, 9.17) is 0 Å². The third-order valence-corrected chi connectivity index (χ3v) is 5.41. The molecule has 0 aliphatic heterocycles. The van der Waals surface area contributed by atoms with E-state index in [-0.39, 0.29) is 5.91 Å². The van der Waals surface area contributed by atoms with Gasteiger partial charge < -0.3 is 9.88 Å². The fraction of sp³-hybridized carbons (Fsp3) is 0.160. The molecule has 3 heterocycles. The number of amides is 1. The van der Waals surface area contributed by atoms with E-state index in [1.54, 1.807) is 0 Å². The van der Waals surface area contributed by atoms with Crippen LogP contribution in [0.4, 0.5) is 5.69 Å². The number of carbonyl (C=O) groups is 1. The van der Waals surface area contributed by atoms with Crippen LogP contribution in [0.2, 0.25) is 0 Å². The maximum absolute atomic E-state index is 11.7. The molecule has 0 aliphatic rings. The largest absolute Gasteiger partial charge is 0.326 e. The van der Waals surface area contributed by atoms with E-state index in [2.05, 4.69) is 59.7 Å². The first-order valence-corrected chi connectivity index (χ1v) is 10.6. The lowest BCUT2D eigenvalue weighted by Gasteiger charge is -2.12. The van der Waals surface area contributed by atoms with Gasteiger partial charge in [0.15, 0.2) is 0 Å². The zero-order valence-corrected chi connectivity index (χ0v) is 18.2. The van der Waals surface area contributed by atoms with Crippen LogP contribution in [0, 0.1) is 0 Å². The van der Waals surface area contributed by atoms with E-state index in [0.717, 1.165) is 39.2 Å². The van der Waals surface area contributed by atoms with Crippen molar-refractivity contribution in [1.82, 2.24) is 23.9 Å². The average Bonchev–Trinajstić information content (AvgIpc) is 3.53. The zero-order chi connectivity index (χ0) is 22.2. The normalized spacial score (nSPS) is 11.4. The first-order valence-electron chi connectivity index (χ1n) is 10.6. The van der Waals surface area contributed by atoms with Gasteiger partial charge in [-0.2, -0.15) is 5.10 Å². The topological polar surface area (TPSA) is 69.7 Å². The Balaban J connectivity index is 1.58. The second kappa shape index (κ2) is 7.85. The van der Waals surface area contributed by atoms with E-state index in [1.165, 1.54) is 6.92 Å². The van der Waals surface area contributed by atoms with Crippen LogP contribution >= 0.6 is 0 Å². The Labute approximate surface area is 185 Å². The number of imidazole rings is 1. The summed E-state index contributed by atoms with van der Waals surface area (Å²) in [5.41, 5.74) is 6.64. The average molecular weight is 425 g/mol. The summed E-state index contributed by atoms with van der Waals surface area (Å²) in [7, 11) is 0. The van der Waals surface area contributed by atoms with Crippen molar-refractivity contribution in [2.75, 3.05) is 5.32 Å². The maximum atomic E-state index is 11.7. The summed E-state index contributed by atoms with van der Waals surface area (Å²) in [6, 6.07) is 16.5. The fourth-order valence-corrected chi connectivity index (χ4v) is 3.83. The van der Waals surface area contributed by atoms with Gasteiger partial charge in [-0.25, -0.2) is 4.98 Å². The molecule has 0 aliphatic carbocycles. The summed E-state index contributed by atoms with van der Waals surface area (Å²) < 4.78 is 6.00. The third-order valence-electron chi connectivity index (χ3n) is 5.41. The van der Waals surface area contributed by atoms with E-state index >= 15 is 0 Å². The number of nitrogens with one attached hydrogen (secondary N) is 1. The van der Waals surface area contributed by atoms with Crippen LogP contribution in [0.25, 0.3) is 33.5 Å². The minimum Gasteiger partial charge on any atom is -0.326 e. The fourth-order valence-electron chi connectivity index (χ4n) is 3.83. The molecule has 0 spiro atoms. The molecule has 32 heavy (non-hydrogen) atoms. The van der Waals surface area contributed by atoms with Crippen LogP contribution in [-0.4, -0.2) is 29.8 Å². The molecule has 160 valence electrons. The predicted molar refractivity (Wildman–Crippen MR) is 126 cm³/mol. The van der Waals surface area contributed by atoms with E-state index < -0.39 is 0 Å². The number of hydrogen-bond acceptors (Lipinski definition) is 3. The molecule has 2 aromatic carbocycles. The predicted octanol–water partition coefficient (Wildman–Crippen LogP) is 5.22. The van der Waals surface area contributed by atoms with Gasteiger partial charge in [-0.3, -0.25) is 14.0 Å². The first kappa shape index (κ1) is 19.8. The maximum Gasteiger partial charge on any atom is 0.221 e. The van der Waals surface area contributed by atoms with Crippen molar-refractivity contribution in [3.05, 3.63) is 79.6 Å². The van der Waals surface area contributed by atoms with Gasteiger partial charge in [-0.15, -0.1) is 0 Å². The van der Waals surface area contributed by atoms with E-state index in [1.807, 2.05) is 63.0 Å². The molecule has 0 fully saturated rings. The minimum atomic E-state index is -0.109. The number of aromatic nitrogens is 5. The van der Waals surface area contributed by atoms with E-state index in [0.29, 0.717) is 6.04 Å². The molecule has 5 aromatic rings. The highest BCUT2D eigenvalue weighted by Gasteiger charge is 2.11. The molecule has 0 atom stereocenters. The Bertz CT molecular complexity index is 1410. The van der Waals surface area contributed by atoms with Gasteiger partial charge in [-0.1, -0.05) is 6.07 Å². The molecule has 5 rings (SSSR count). The second-order valence-electron chi connectivity index (χ2n) is 8.13. The molecule has 0 bridgehead atoms. The molecule has 7 nitrogen and oxygen atoms in total. The summed E-state index contributed by atoms with van der Waals surface area (Å²) in [6.07, 6.45) is 9.72. The van der Waals surface area contributed by atoms with Crippen LogP contribution in [-0.2, 0) is 4.79 Å². The van der Waals surface area contributed by atoms with Gasteiger partial charge in [0.2, 0.25) is 5.91 Å². The number of carbonyl (C=O) groups excluding carboxylic acids is 1. The van der Waals surface area contributed by atoms with Crippen LogP contribution in [0.3, 0.4) is 0 Å². The summed E-state index contributed by atoms with van der Waals surface area (Å²) >= 11 is 0. The monoisotopic (exact) mass is 424 g/mol. The second-order valence-corrected chi connectivity index (χ2v) is 8.13. The Morgan fingerprint density at radius 3 is 2.50 bits per heavy atom. The Kier molecular flexibility index (Phi) is 4.86. The molecule has 0 saturated heterocycles. The van der Waals surface area contributed by atoms with Crippen molar-refractivity contribution in [2.45, 2.75) is 26.8 Å². The molecule has 1 N–H and O–H groups in total. The van der Waals surface area contributed by atoms with Crippen molar-refractivity contribution in [3.8, 4) is 22.5 Å². The van der Waals surface area contributed by atoms with E-state index in [9.17, 15) is 4.79 Å². The van der Waals surface area contributed by atoms with Gasteiger partial charge >= 0.3 is 0 Å². The summed E-state index contributed by atoms with van der Waals surface area (Å²) in [6.45, 7) is 5.73. The lowest BCUT2D eigenvalue weighted by Crippen LogP contribution is -2.07. The Morgan fingerprint density at radius 2 is 1.78 bits per heavy atom. The highest BCUT2D eigenvalue weighted by atomic mass is 16.1. The number of fused-ring (bicyclic) bond motifs is 1. The van der Waals surface area contributed by atoms with Crippen LogP contribution in [0.5, 0.6) is 0 Å². The Hall–Kier alpha value is -4.13. The Morgan fingerprint density at radius 1 is 1.00 bits per heavy atom. The number of anilines is 1. The lowest BCUT2D eigenvalue weighted by molar-refractivity contribution is -0.114. The molecule has 1 amide bonds. The molecule has 0 radical (unpaired) electrons. The molecular weight excluding hydrogens is 400 g/mol. The number of hydrogen-bond donors (Lipinski definition) is 1. The van der Waals surface area contributed by atoms with Gasteiger partial charge in [0.05, 0.1) is 22.9 Å². The van der Waals surface area contributed by atoms with Crippen LogP contribution in [0.1, 0.15) is 26.8 Å². The number of benzene rings is 2. The third kappa shape index (κ3) is 3.69. The van der Waals surface area contributed by atoms with Crippen molar-refractivity contribution < 1.29 is 4.79 Å². The lowest BCUT2D eigenvalue weighted by atomic mass is 10.1. The molecule has 3 aromatic heterocycles. The van der Waals surface area contributed by atoms with Crippen molar-refractivity contribution in [2.24, 2.45) is 0 Å². The molecule has 0 saturated carbocycles. The van der Waals surface area contributed by atoms with Gasteiger partial charge in [-0.05, 0) is 61.9 Å². The molecule has 7 heteroatoms. The highest BCUT2D eigenvalue weighted by Crippen LogP contribution is 2.28. The molecular formula is C25H24N6O. The number of rotatable bonds is 5. The summed E-state index contributed by atoms with van der Waals surface area (Å²) in [5, 5.41) is 7.35. The summed E-state index contributed by atoms with van der Waals surface area (Å²) in [5.74, 6) is -0.109. The zero-order valence-electron chi connectivity index (χ0n) is 18.2. The van der Waals surface area contributed by atoms with Crippen LogP contribution < -0.4 is 5.32 Å². The SMILES string of the molecule is CC(=O)Nc1cc(-n2cccc2)cc(-n2cnc3cc(-c4cnn(C(C)C)c4)ccc32)c1. The quantitative estimate of drug-likeness (QED) is 0.421. The van der Waals surface area contributed by atoms with Crippen molar-refractivity contribution in [1.29, 1.82) is 0 Å². The number of nitrogens with zero attached hydrogens (tertiary/aromatic N) is 5. The minimum absolute atomic E-state index is 0.109. The molecule has 0 unspecified atom stereocenters. The van der Waals surface area contributed by atoms with Gasteiger partial charge in [0, 0.05) is 48.5 Å². The van der Waals surface area contributed by atoms with Crippen molar-refractivity contribution in [3.63, 3.8) is 0 Å².